The summed E-state index contributed by atoms with van der Waals surface area (Å²) in [5.74, 6) is -1.14. The van der Waals surface area contributed by atoms with E-state index in [1.807, 2.05) is 5.48 Å². The zero-order valence-corrected chi connectivity index (χ0v) is 7.49. The summed E-state index contributed by atoms with van der Waals surface area (Å²) in [6.07, 6.45) is 0.756. The Kier molecular flexibility index (Phi) is 4.14. The van der Waals surface area contributed by atoms with E-state index in [-0.39, 0.29) is 6.04 Å². The van der Waals surface area contributed by atoms with E-state index in [4.69, 9.17) is 9.84 Å². The van der Waals surface area contributed by atoms with E-state index in [1.54, 1.807) is 0 Å². The van der Waals surface area contributed by atoms with Gasteiger partial charge in [-0.3, -0.25) is 4.84 Å². The molecule has 0 radical (unpaired) electrons. The number of hydroxylamine groups is 1. The molecule has 14 heavy (non-hydrogen) atoms. The molecule has 0 aromatic heterocycles. The van der Waals surface area contributed by atoms with Crippen LogP contribution in [0.5, 0.6) is 0 Å². The molecule has 0 aromatic carbocycles. The van der Waals surface area contributed by atoms with E-state index < -0.39 is 18.6 Å². The molecule has 80 valence electrons. The third-order valence-electron chi connectivity index (χ3n) is 1.63. The second-order valence-electron chi connectivity index (χ2n) is 2.82. The quantitative estimate of drug-likeness (QED) is 0.515. The topological polar surface area (TPSA) is 96.9 Å². The van der Waals surface area contributed by atoms with Crippen LogP contribution in [-0.2, 0) is 14.4 Å². The molecule has 1 rings (SSSR count). The molecule has 0 saturated carbocycles. The number of amides is 2. The van der Waals surface area contributed by atoms with Crippen LogP contribution < -0.4 is 10.8 Å². The van der Waals surface area contributed by atoms with Crippen LogP contribution in [0.1, 0.15) is 6.42 Å². The molecule has 0 bridgehead atoms. The Hall–Kier alpha value is -1.34. The van der Waals surface area contributed by atoms with Crippen molar-refractivity contribution in [3.05, 3.63) is 0 Å². The molecule has 1 heterocycles. The third kappa shape index (κ3) is 4.06. The normalized spacial score (nSPS) is 20.4. The van der Waals surface area contributed by atoms with E-state index in [9.17, 15) is 9.59 Å². The second kappa shape index (κ2) is 5.40. The Balaban J connectivity index is 2.06. The summed E-state index contributed by atoms with van der Waals surface area (Å²) < 4.78 is 5.02. The molecule has 0 aliphatic carbocycles. The van der Waals surface area contributed by atoms with Gasteiger partial charge < -0.3 is 15.2 Å². The highest BCUT2D eigenvalue weighted by Gasteiger charge is 2.17. The van der Waals surface area contributed by atoms with Gasteiger partial charge in [0, 0.05) is 6.61 Å². The molecular formula is C7H12N2O5. The summed E-state index contributed by atoms with van der Waals surface area (Å²) in [4.78, 5) is 25.4. The SMILES string of the molecule is O=C(O)CONC(=O)NC1CCOC1. The molecule has 0 spiro atoms. The number of hydrogen-bond acceptors (Lipinski definition) is 4. The summed E-state index contributed by atoms with van der Waals surface area (Å²) in [6.45, 7) is 0.544. The zero-order valence-electron chi connectivity index (χ0n) is 7.49. The van der Waals surface area contributed by atoms with Crippen LogP contribution >= 0.6 is 0 Å². The maximum Gasteiger partial charge on any atom is 0.339 e. The van der Waals surface area contributed by atoms with Gasteiger partial charge in [-0.15, -0.1) is 0 Å². The molecule has 3 N–H and O–H groups in total. The monoisotopic (exact) mass is 204 g/mol. The van der Waals surface area contributed by atoms with Crippen LogP contribution in [0, 0.1) is 0 Å². The van der Waals surface area contributed by atoms with Crippen LogP contribution in [-0.4, -0.2) is 43.0 Å². The van der Waals surface area contributed by atoms with E-state index in [0.29, 0.717) is 13.2 Å². The van der Waals surface area contributed by atoms with Gasteiger partial charge in [-0.05, 0) is 6.42 Å². The van der Waals surface area contributed by atoms with Crippen molar-refractivity contribution < 1.29 is 24.3 Å². The highest BCUT2D eigenvalue weighted by Crippen LogP contribution is 2.02. The zero-order chi connectivity index (χ0) is 10.4. The summed E-state index contributed by atoms with van der Waals surface area (Å²) in [5.41, 5.74) is 1.95. The van der Waals surface area contributed by atoms with Crippen LogP contribution in [0.15, 0.2) is 0 Å². The largest absolute Gasteiger partial charge is 0.479 e. The molecule has 1 unspecified atom stereocenters. The lowest BCUT2D eigenvalue weighted by molar-refractivity contribution is -0.144. The Morgan fingerprint density at radius 2 is 2.36 bits per heavy atom. The smallest absolute Gasteiger partial charge is 0.339 e. The maximum atomic E-state index is 11.0. The van der Waals surface area contributed by atoms with E-state index in [0.717, 1.165) is 6.42 Å². The van der Waals surface area contributed by atoms with Crippen molar-refractivity contribution in [2.75, 3.05) is 19.8 Å². The molecule has 1 aliphatic rings. The first-order valence-electron chi connectivity index (χ1n) is 4.16. The number of hydrogen-bond donors (Lipinski definition) is 3. The Bertz CT molecular complexity index is 214. The van der Waals surface area contributed by atoms with Crippen LogP contribution in [0.3, 0.4) is 0 Å². The van der Waals surface area contributed by atoms with Gasteiger partial charge in [0.05, 0.1) is 12.6 Å². The number of urea groups is 1. The maximum absolute atomic E-state index is 11.0. The van der Waals surface area contributed by atoms with E-state index in [1.165, 1.54) is 0 Å². The van der Waals surface area contributed by atoms with Crippen molar-refractivity contribution in [3.63, 3.8) is 0 Å². The summed E-state index contributed by atoms with van der Waals surface area (Å²) in [5, 5.41) is 10.8. The number of carboxylic acid groups (broad SMARTS) is 1. The van der Waals surface area contributed by atoms with Crippen LogP contribution in [0.25, 0.3) is 0 Å². The van der Waals surface area contributed by atoms with Gasteiger partial charge in [-0.1, -0.05) is 0 Å². The lowest BCUT2D eigenvalue weighted by Gasteiger charge is -2.10. The van der Waals surface area contributed by atoms with Gasteiger partial charge in [0.1, 0.15) is 0 Å². The molecule has 1 saturated heterocycles. The second-order valence-corrected chi connectivity index (χ2v) is 2.82. The fourth-order valence-electron chi connectivity index (χ4n) is 1.03. The minimum Gasteiger partial charge on any atom is -0.479 e. The van der Waals surface area contributed by atoms with Crippen LogP contribution in [0.2, 0.25) is 0 Å². The van der Waals surface area contributed by atoms with Crippen molar-refractivity contribution in [2.45, 2.75) is 12.5 Å². The minimum absolute atomic E-state index is 0.0246. The average Bonchev–Trinajstić information content (AvgIpc) is 2.56. The van der Waals surface area contributed by atoms with Crippen molar-refractivity contribution in [2.24, 2.45) is 0 Å². The first-order chi connectivity index (χ1) is 6.68. The third-order valence-corrected chi connectivity index (χ3v) is 1.63. The Morgan fingerprint density at radius 1 is 1.57 bits per heavy atom. The molecule has 1 atom stereocenters. The molecule has 7 nitrogen and oxygen atoms in total. The molecule has 1 aliphatic heterocycles. The van der Waals surface area contributed by atoms with Gasteiger partial charge in [0.15, 0.2) is 6.61 Å². The fraction of sp³-hybridized carbons (Fsp3) is 0.714. The standard InChI is InChI=1S/C7H12N2O5/c10-6(11)4-14-9-7(12)8-5-1-2-13-3-5/h5H,1-4H2,(H,10,11)(H2,8,9,12). The number of nitrogens with one attached hydrogen (secondary N) is 2. The summed E-state index contributed by atoms with van der Waals surface area (Å²) in [7, 11) is 0. The molecular weight excluding hydrogens is 192 g/mol. The van der Waals surface area contributed by atoms with Crippen molar-refractivity contribution >= 4 is 12.0 Å². The summed E-state index contributed by atoms with van der Waals surface area (Å²) in [6, 6.07) is -0.579. The highest BCUT2D eigenvalue weighted by atomic mass is 16.7. The fourth-order valence-corrected chi connectivity index (χ4v) is 1.03. The highest BCUT2D eigenvalue weighted by molar-refractivity contribution is 5.73. The van der Waals surface area contributed by atoms with Crippen LogP contribution in [0.4, 0.5) is 4.79 Å². The molecule has 2 amide bonds. The Labute approximate surface area is 80.3 Å². The minimum atomic E-state index is -1.14. The van der Waals surface area contributed by atoms with Crippen molar-refractivity contribution in [3.8, 4) is 0 Å². The summed E-state index contributed by atoms with van der Waals surface area (Å²) >= 11 is 0. The van der Waals surface area contributed by atoms with Crippen molar-refractivity contribution in [1.82, 2.24) is 10.8 Å². The van der Waals surface area contributed by atoms with Gasteiger partial charge in [-0.25, -0.2) is 15.1 Å². The number of aliphatic carboxylic acids is 1. The van der Waals surface area contributed by atoms with Gasteiger partial charge in [-0.2, -0.15) is 0 Å². The Morgan fingerprint density at radius 3 is 2.93 bits per heavy atom. The molecule has 7 heteroatoms. The number of carbonyl (C=O) groups is 2. The van der Waals surface area contributed by atoms with Gasteiger partial charge in [0.25, 0.3) is 0 Å². The number of carbonyl (C=O) groups excluding carboxylic acids is 1. The first kappa shape index (κ1) is 10.7. The lowest BCUT2D eigenvalue weighted by Crippen LogP contribution is -2.42. The number of rotatable bonds is 4. The number of ether oxygens (including phenoxy) is 1. The first-order valence-corrected chi connectivity index (χ1v) is 4.16. The molecule has 1 fully saturated rings. The van der Waals surface area contributed by atoms with Gasteiger partial charge in [0.2, 0.25) is 0 Å². The predicted molar refractivity (Wildman–Crippen MR) is 44.5 cm³/mol. The van der Waals surface area contributed by atoms with Gasteiger partial charge >= 0.3 is 12.0 Å². The average molecular weight is 204 g/mol. The lowest BCUT2D eigenvalue weighted by atomic mass is 10.3. The molecule has 0 aromatic rings. The van der Waals surface area contributed by atoms with Crippen molar-refractivity contribution in [1.29, 1.82) is 0 Å². The number of carboxylic acids is 1. The van der Waals surface area contributed by atoms with E-state index >= 15 is 0 Å². The van der Waals surface area contributed by atoms with E-state index in [2.05, 4.69) is 10.2 Å². The predicted octanol–water partition coefficient (Wildman–Crippen LogP) is -0.909.